The third-order valence-corrected chi connectivity index (χ3v) is 2.85. The minimum absolute atomic E-state index is 0.213. The van der Waals surface area contributed by atoms with Gasteiger partial charge in [0.2, 0.25) is 0 Å². The fourth-order valence-corrected chi connectivity index (χ4v) is 1.98. The van der Waals surface area contributed by atoms with Crippen LogP contribution >= 0.6 is 0 Å². The van der Waals surface area contributed by atoms with Gasteiger partial charge in [-0.3, -0.25) is 4.79 Å². The number of likely N-dealkylation sites (tertiary alicyclic amines) is 1. The van der Waals surface area contributed by atoms with Crippen molar-refractivity contribution < 1.29 is 20.1 Å². The van der Waals surface area contributed by atoms with Gasteiger partial charge in [0.05, 0.1) is 12.7 Å². The normalized spacial score (nSPS) is 21.5. The van der Waals surface area contributed by atoms with Gasteiger partial charge >= 0.3 is 5.97 Å². The summed E-state index contributed by atoms with van der Waals surface area (Å²) in [5, 5.41) is 26.5. The summed E-state index contributed by atoms with van der Waals surface area (Å²) in [4.78, 5) is 12.6. The summed E-state index contributed by atoms with van der Waals surface area (Å²) in [6.45, 7) is 1.90. The maximum atomic E-state index is 10.5. The maximum absolute atomic E-state index is 10.5. The van der Waals surface area contributed by atoms with E-state index in [9.17, 15) is 9.90 Å². The first-order chi connectivity index (χ1) is 7.11. The Balaban J connectivity index is 2.20. The predicted molar refractivity (Wildman–Crippen MR) is 54.5 cm³/mol. The molecule has 5 nitrogen and oxygen atoms in total. The Morgan fingerprint density at radius 3 is 2.47 bits per heavy atom. The molecule has 0 aromatic rings. The molecule has 3 N–H and O–H groups in total. The molecule has 0 bridgehead atoms. The van der Waals surface area contributed by atoms with Gasteiger partial charge in [-0.25, -0.2) is 0 Å². The summed E-state index contributed by atoms with van der Waals surface area (Å²) in [6, 6.07) is 0. The van der Waals surface area contributed by atoms with Crippen LogP contribution in [-0.4, -0.2) is 58.5 Å². The second kappa shape index (κ2) is 6.05. The van der Waals surface area contributed by atoms with Crippen molar-refractivity contribution in [3.05, 3.63) is 0 Å². The van der Waals surface area contributed by atoms with Crippen LogP contribution in [0.25, 0.3) is 0 Å². The number of piperidine rings is 1. The summed E-state index contributed by atoms with van der Waals surface area (Å²) in [7, 11) is 0. The first kappa shape index (κ1) is 12.4. The number of nitrogens with zero attached hydrogens (tertiary/aromatic N) is 1. The summed E-state index contributed by atoms with van der Waals surface area (Å²) in [6.07, 6.45) is 1.30. The van der Waals surface area contributed by atoms with Crippen LogP contribution in [0.1, 0.15) is 19.3 Å². The number of hydrogen-bond acceptors (Lipinski definition) is 4. The van der Waals surface area contributed by atoms with Crippen LogP contribution in [0.4, 0.5) is 0 Å². The molecule has 0 amide bonds. The molecule has 0 spiro atoms. The van der Waals surface area contributed by atoms with Crippen molar-refractivity contribution in [3.8, 4) is 0 Å². The van der Waals surface area contributed by atoms with Crippen molar-refractivity contribution in [2.24, 2.45) is 5.92 Å². The molecule has 88 valence electrons. The third kappa shape index (κ3) is 4.59. The maximum Gasteiger partial charge on any atom is 0.303 e. The highest BCUT2D eigenvalue weighted by Crippen LogP contribution is 2.20. The number of carboxylic acid groups (broad SMARTS) is 1. The zero-order chi connectivity index (χ0) is 11.3. The lowest BCUT2D eigenvalue weighted by molar-refractivity contribution is -0.138. The SMILES string of the molecule is O=C(O)CC1CCN(CC(O)CO)CC1. The number of β-amino-alcohol motifs (C(OH)–C–C–N with tert-alkyl or cyclic N) is 1. The molecule has 1 fully saturated rings. The number of rotatable bonds is 5. The van der Waals surface area contributed by atoms with Gasteiger partial charge in [0.15, 0.2) is 0 Å². The molecule has 5 heteroatoms. The predicted octanol–water partition coefficient (Wildman–Crippen LogP) is -0.474. The van der Waals surface area contributed by atoms with Gasteiger partial charge in [0.1, 0.15) is 0 Å². The van der Waals surface area contributed by atoms with E-state index >= 15 is 0 Å². The van der Waals surface area contributed by atoms with Crippen molar-refractivity contribution in [1.82, 2.24) is 4.90 Å². The molecule has 0 aromatic carbocycles. The van der Waals surface area contributed by atoms with Crippen LogP contribution in [0.2, 0.25) is 0 Å². The van der Waals surface area contributed by atoms with E-state index in [0.29, 0.717) is 6.54 Å². The van der Waals surface area contributed by atoms with Gasteiger partial charge < -0.3 is 20.2 Å². The number of aliphatic carboxylic acids is 1. The first-order valence-corrected chi connectivity index (χ1v) is 5.35. The van der Waals surface area contributed by atoms with E-state index in [1.165, 1.54) is 0 Å². The topological polar surface area (TPSA) is 81.0 Å². The highest BCUT2D eigenvalue weighted by atomic mass is 16.4. The van der Waals surface area contributed by atoms with Gasteiger partial charge in [-0.1, -0.05) is 0 Å². The Hall–Kier alpha value is -0.650. The highest BCUT2D eigenvalue weighted by molar-refractivity contribution is 5.67. The summed E-state index contributed by atoms with van der Waals surface area (Å²) < 4.78 is 0. The zero-order valence-electron chi connectivity index (χ0n) is 8.80. The molecule has 1 aliphatic rings. The molecule has 0 aromatic heterocycles. The fraction of sp³-hybridized carbons (Fsp3) is 0.900. The van der Waals surface area contributed by atoms with Crippen molar-refractivity contribution in [2.75, 3.05) is 26.2 Å². The average molecular weight is 217 g/mol. The van der Waals surface area contributed by atoms with E-state index in [-0.39, 0.29) is 18.9 Å². The van der Waals surface area contributed by atoms with E-state index in [1.807, 2.05) is 0 Å². The van der Waals surface area contributed by atoms with Gasteiger partial charge in [-0.2, -0.15) is 0 Å². The smallest absolute Gasteiger partial charge is 0.303 e. The third-order valence-electron chi connectivity index (χ3n) is 2.85. The average Bonchev–Trinajstić information content (AvgIpc) is 2.20. The van der Waals surface area contributed by atoms with Gasteiger partial charge in [-0.05, 0) is 31.8 Å². The van der Waals surface area contributed by atoms with Gasteiger partial charge in [-0.15, -0.1) is 0 Å². The van der Waals surface area contributed by atoms with Crippen LogP contribution in [0.3, 0.4) is 0 Å². The number of carbonyl (C=O) groups is 1. The molecule has 0 radical (unpaired) electrons. The van der Waals surface area contributed by atoms with E-state index in [0.717, 1.165) is 25.9 Å². The zero-order valence-corrected chi connectivity index (χ0v) is 8.80. The Bertz CT molecular complexity index is 202. The van der Waals surface area contributed by atoms with Crippen LogP contribution < -0.4 is 0 Å². The van der Waals surface area contributed by atoms with Crippen molar-refractivity contribution in [1.29, 1.82) is 0 Å². The Morgan fingerprint density at radius 2 is 2.00 bits per heavy atom. The molecule has 1 unspecified atom stereocenters. The quantitative estimate of drug-likeness (QED) is 0.580. The minimum atomic E-state index is -0.733. The largest absolute Gasteiger partial charge is 0.481 e. The Kier molecular flexibility index (Phi) is 5.01. The van der Waals surface area contributed by atoms with E-state index < -0.39 is 12.1 Å². The fourth-order valence-electron chi connectivity index (χ4n) is 1.98. The number of hydrogen-bond donors (Lipinski definition) is 3. The molecule has 1 atom stereocenters. The molecule has 1 saturated heterocycles. The number of aliphatic hydroxyl groups excluding tert-OH is 2. The van der Waals surface area contributed by atoms with Gasteiger partial charge in [0, 0.05) is 13.0 Å². The molecule has 1 aliphatic heterocycles. The molecule has 1 heterocycles. The molecule has 15 heavy (non-hydrogen) atoms. The second-order valence-corrected chi connectivity index (χ2v) is 4.18. The Morgan fingerprint density at radius 1 is 1.40 bits per heavy atom. The lowest BCUT2D eigenvalue weighted by Gasteiger charge is -2.32. The van der Waals surface area contributed by atoms with Crippen molar-refractivity contribution in [2.45, 2.75) is 25.4 Å². The molecular formula is C10H19NO4. The molecular weight excluding hydrogens is 198 g/mol. The standard InChI is InChI=1S/C10H19NO4/c12-7-9(13)6-11-3-1-8(2-4-11)5-10(14)15/h8-9,12-13H,1-7H2,(H,14,15). The van der Waals surface area contributed by atoms with Crippen LogP contribution in [0, 0.1) is 5.92 Å². The van der Waals surface area contributed by atoms with E-state index in [4.69, 9.17) is 10.2 Å². The lowest BCUT2D eigenvalue weighted by atomic mass is 9.93. The van der Waals surface area contributed by atoms with Crippen LogP contribution in [0.15, 0.2) is 0 Å². The molecule has 0 saturated carbocycles. The van der Waals surface area contributed by atoms with E-state index in [1.54, 1.807) is 0 Å². The minimum Gasteiger partial charge on any atom is -0.481 e. The van der Waals surface area contributed by atoms with Crippen molar-refractivity contribution in [3.63, 3.8) is 0 Å². The summed E-state index contributed by atoms with van der Waals surface area (Å²) >= 11 is 0. The monoisotopic (exact) mass is 217 g/mol. The summed E-state index contributed by atoms with van der Waals surface area (Å²) in [5.74, 6) is -0.464. The molecule has 0 aliphatic carbocycles. The lowest BCUT2D eigenvalue weighted by Crippen LogP contribution is -2.40. The van der Waals surface area contributed by atoms with Crippen molar-refractivity contribution >= 4 is 5.97 Å². The van der Waals surface area contributed by atoms with Crippen LogP contribution in [0.5, 0.6) is 0 Å². The Labute approximate surface area is 89.3 Å². The molecule has 1 rings (SSSR count). The second-order valence-electron chi connectivity index (χ2n) is 4.18. The highest BCUT2D eigenvalue weighted by Gasteiger charge is 2.22. The summed E-state index contributed by atoms with van der Waals surface area (Å²) in [5.41, 5.74) is 0. The first-order valence-electron chi connectivity index (χ1n) is 5.35. The van der Waals surface area contributed by atoms with Gasteiger partial charge in [0.25, 0.3) is 0 Å². The van der Waals surface area contributed by atoms with Crippen LogP contribution in [-0.2, 0) is 4.79 Å². The number of carboxylic acids is 1. The number of aliphatic hydroxyl groups is 2. The van der Waals surface area contributed by atoms with E-state index in [2.05, 4.69) is 4.90 Å².